The lowest BCUT2D eigenvalue weighted by Crippen LogP contribution is -2.40. The monoisotopic (exact) mass is 453 g/mol. The molecule has 0 radical (unpaired) electrons. The molecule has 9 heteroatoms. The Kier molecular flexibility index (Phi) is 6.27. The van der Waals surface area contributed by atoms with E-state index in [0.29, 0.717) is 18.5 Å². The first kappa shape index (κ1) is 21.6. The number of nitrogens with one attached hydrogen (secondary N) is 2. The highest BCUT2D eigenvalue weighted by atomic mass is 32.2. The molecule has 2 aromatic carbocycles. The quantitative estimate of drug-likeness (QED) is 0.532. The molecule has 1 fully saturated rings. The number of thioether (sulfide) groups is 1. The number of methoxy groups -OCH3 is 1. The van der Waals surface area contributed by atoms with Crippen molar-refractivity contribution in [2.75, 3.05) is 20.2 Å². The number of benzene rings is 2. The molecule has 0 aliphatic carbocycles. The molecule has 4 rings (SSSR count). The van der Waals surface area contributed by atoms with E-state index in [1.807, 2.05) is 24.4 Å². The normalized spacial score (nSPS) is 15.1. The molecule has 0 spiro atoms. The van der Waals surface area contributed by atoms with E-state index in [1.54, 1.807) is 7.11 Å². The molecule has 0 saturated carbocycles. The van der Waals surface area contributed by atoms with Crippen LogP contribution in [0, 0.1) is 5.82 Å². The number of imide groups is 1. The van der Waals surface area contributed by atoms with Crippen molar-refractivity contribution >= 4 is 45.8 Å². The number of aromatic nitrogens is 1. The number of amides is 3. The van der Waals surface area contributed by atoms with Gasteiger partial charge in [-0.3, -0.25) is 19.3 Å². The second-order valence-corrected chi connectivity index (χ2v) is 8.14. The summed E-state index contributed by atoms with van der Waals surface area (Å²) in [6.45, 7) is -0.00221. The molecule has 3 amide bonds. The highest BCUT2D eigenvalue weighted by molar-refractivity contribution is 8.18. The molecule has 164 valence electrons. The van der Waals surface area contributed by atoms with Gasteiger partial charge in [0, 0.05) is 23.6 Å². The summed E-state index contributed by atoms with van der Waals surface area (Å²) in [5, 5.41) is 3.25. The van der Waals surface area contributed by atoms with Gasteiger partial charge in [0.1, 0.15) is 18.1 Å². The molecule has 0 bridgehead atoms. The lowest BCUT2D eigenvalue weighted by molar-refractivity contribution is -0.129. The predicted molar refractivity (Wildman–Crippen MR) is 121 cm³/mol. The van der Waals surface area contributed by atoms with Crippen LogP contribution in [-0.2, 0) is 16.0 Å². The Morgan fingerprint density at radius 3 is 2.75 bits per heavy atom. The maximum absolute atomic E-state index is 13.0. The van der Waals surface area contributed by atoms with Gasteiger partial charge in [-0.1, -0.05) is 12.1 Å². The summed E-state index contributed by atoms with van der Waals surface area (Å²) in [5.41, 5.74) is 2.59. The Balaban J connectivity index is 1.33. The number of hydrogen-bond acceptors (Lipinski definition) is 5. The summed E-state index contributed by atoms with van der Waals surface area (Å²) in [4.78, 5) is 41.4. The molecule has 3 aromatic rings. The van der Waals surface area contributed by atoms with Gasteiger partial charge in [0.05, 0.1) is 12.0 Å². The highest BCUT2D eigenvalue weighted by Crippen LogP contribution is 2.32. The summed E-state index contributed by atoms with van der Waals surface area (Å²) in [6.07, 6.45) is 3.96. The van der Waals surface area contributed by atoms with Crippen LogP contribution in [0.4, 0.5) is 9.18 Å². The standard InChI is InChI=1S/C23H20FN3O4S/c1-31-17-6-7-19-18(11-17)15(12-26-19)8-9-25-21(28)13-27-22(29)20(32-23(27)30)10-14-2-4-16(24)5-3-14/h2-7,10-12,26H,8-9,13H2,1H3,(H,25,28)/b20-10-. The van der Waals surface area contributed by atoms with Crippen molar-refractivity contribution in [3.8, 4) is 5.75 Å². The van der Waals surface area contributed by atoms with Crippen LogP contribution in [0.25, 0.3) is 17.0 Å². The molecule has 1 saturated heterocycles. The SMILES string of the molecule is COc1ccc2[nH]cc(CCNC(=O)CN3C(=O)S/C(=C\c4ccc(F)cc4)C3=O)c2c1. The summed E-state index contributed by atoms with van der Waals surface area (Å²) >= 11 is 0.758. The summed E-state index contributed by atoms with van der Waals surface area (Å²) in [6, 6.07) is 11.3. The Bertz CT molecular complexity index is 1220. The molecule has 32 heavy (non-hydrogen) atoms. The number of halogens is 1. The van der Waals surface area contributed by atoms with Crippen molar-refractivity contribution in [1.82, 2.24) is 15.2 Å². The zero-order chi connectivity index (χ0) is 22.7. The average Bonchev–Trinajstić information content (AvgIpc) is 3.30. The van der Waals surface area contributed by atoms with Crippen LogP contribution in [0.1, 0.15) is 11.1 Å². The lowest BCUT2D eigenvalue weighted by atomic mass is 10.1. The molecule has 2 N–H and O–H groups in total. The number of H-pyrrole nitrogens is 1. The van der Waals surface area contributed by atoms with E-state index in [-0.39, 0.29) is 11.4 Å². The average molecular weight is 453 g/mol. The predicted octanol–water partition coefficient (Wildman–Crippen LogP) is 3.71. The third kappa shape index (κ3) is 4.67. The van der Waals surface area contributed by atoms with Crippen LogP contribution in [0.2, 0.25) is 0 Å². The van der Waals surface area contributed by atoms with Gasteiger partial charge in [-0.15, -0.1) is 0 Å². The second kappa shape index (κ2) is 9.27. The maximum Gasteiger partial charge on any atom is 0.294 e. The van der Waals surface area contributed by atoms with Crippen molar-refractivity contribution in [1.29, 1.82) is 0 Å². The van der Waals surface area contributed by atoms with Gasteiger partial charge in [-0.25, -0.2) is 4.39 Å². The topological polar surface area (TPSA) is 91.5 Å². The van der Waals surface area contributed by atoms with Crippen LogP contribution in [0.15, 0.2) is 53.6 Å². The number of fused-ring (bicyclic) bond motifs is 1. The van der Waals surface area contributed by atoms with E-state index < -0.39 is 22.9 Å². The van der Waals surface area contributed by atoms with Gasteiger partial charge < -0.3 is 15.0 Å². The zero-order valence-electron chi connectivity index (χ0n) is 17.2. The van der Waals surface area contributed by atoms with E-state index in [2.05, 4.69) is 10.3 Å². The zero-order valence-corrected chi connectivity index (χ0v) is 18.0. The molecule has 1 aromatic heterocycles. The van der Waals surface area contributed by atoms with Crippen LogP contribution in [0.3, 0.4) is 0 Å². The Labute approximate surface area is 187 Å². The van der Waals surface area contributed by atoms with E-state index in [0.717, 1.165) is 38.9 Å². The van der Waals surface area contributed by atoms with Gasteiger partial charge in [-0.05, 0) is 65.7 Å². The van der Waals surface area contributed by atoms with Crippen LogP contribution < -0.4 is 10.1 Å². The van der Waals surface area contributed by atoms with E-state index >= 15 is 0 Å². The summed E-state index contributed by atoms with van der Waals surface area (Å²) in [7, 11) is 1.60. The van der Waals surface area contributed by atoms with Crippen molar-refractivity contribution in [2.24, 2.45) is 0 Å². The first-order valence-electron chi connectivity index (χ1n) is 9.86. The summed E-state index contributed by atoms with van der Waals surface area (Å²) in [5.74, 6) is -0.606. The minimum absolute atomic E-state index is 0.196. The smallest absolute Gasteiger partial charge is 0.294 e. The van der Waals surface area contributed by atoms with Crippen LogP contribution >= 0.6 is 11.8 Å². The first-order chi connectivity index (χ1) is 15.4. The van der Waals surface area contributed by atoms with Gasteiger partial charge in [0.25, 0.3) is 11.1 Å². The Morgan fingerprint density at radius 2 is 2.00 bits per heavy atom. The maximum atomic E-state index is 13.0. The number of ether oxygens (including phenoxy) is 1. The molecule has 0 atom stereocenters. The van der Waals surface area contributed by atoms with Crippen molar-refractivity contribution in [2.45, 2.75) is 6.42 Å². The third-order valence-corrected chi connectivity index (χ3v) is 5.94. The molecule has 0 unspecified atom stereocenters. The van der Waals surface area contributed by atoms with Gasteiger partial charge >= 0.3 is 0 Å². The fourth-order valence-corrected chi connectivity index (χ4v) is 4.21. The van der Waals surface area contributed by atoms with Crippen molar-refractivity contribution in [3.05, 3.63) is 70.5 Å². The second-order valence-electron chi connectivity index (χ2n) is 7.14. The van der Waals surface area contributed by atoms with Crippen LogP contribution in [0.5, 0.6) is 5.75 Å². The van der Waals surface area contributed by atoms with Crippen LogP contribution in [-0.4, -0.2) is 47.1 Å². The number of aromatic amines is 1. The number of hydrogen-bond donors (Lipinski definition) is 2. The third-order valence-electron chi connectivity index (χ3n) is 5.03. The van der Waals surface area contributed by atoms with Gasteiger partial charge in [-0.2, -0.15) is 0 Å². The van der Waals surface area contributed by atoms with E-state index in [1.165, 1.54) is 30.3 Å². The fraction of sp³-hybridized carbons (Fsp3) is 0.174. The fourth-order valence-electron chi connectivity index (χ4n) is 3.37. The number of carbonyl (C=O) groups is 3. The molecule has 2 heterocycles. The van der Waals surface area contributed by atoms with E-state index in [9.17, 15) is 18.8 Å². The molecule has 7 nitrogen and oxygen atoms in total. The number of nitrogens with zero attached hydrogens (tertiary/aromatic N) is 1. The minimum Gasteiger partial charge on any atom is -0.497 e. The van der Waals surface area contributed by atoms with Crippen molar-refractivity contribution in [3.63, 3.8) is 0 Å². The molecule has 1 aliphatic rings. The largest absolute Gasteiger partial charge is 0.497 e. The van der Waals surface area contributed by atoms with E-state index in [4.69, 9.17) is 4.74 Å². The molecular weight excluding hydrogens is 433 g/mol. The van der Waals surface area contributed by atoms with Crippen molar-refractivity contribution < 1.29 is 23.5 Å². The first-order valence-corrected chi connectivity index (χ1v) is 10.7. The molecular formula is C23H20FN3O4S. The molecule has 1 aliphatic heterocycles. The lowest BCUT2D eigenvalue weighted by Gasteiger charge is -2.12. The minimum atomic E-state index is -0.539. The Morgan fingerprint density at radius 1 is 1.22 bits per heavy atom. The summed E-state index contributed by atoms with van der Waals surface area (Å²) < 4.78 is 18.3. The number of carbonyl (C=O) groups excluding carboxylic acids is 3. The number of rotatable bonds is 7. The van der Waals surface area contributed by atoms with Gasteiger partial charge in [0.2, 0.25) is 5.91 Å². The Hall–Kier alpha value is -3.59. The highest BCUT2D eigenvalue weighted by Gasteiger charge is 2.36. The van der Waals surface area contributed by atoms with Gasteiger partial charge in [0.15, 0.2) is 0 Å².